The molecule has 0 unspecified atom stereocenters. The van der Waals surface area contributed by atoms with Gasteiger partial charge in [0.2, 0.25) is 0 Å². The van der Waals surface area contributed by atoms with Gasteiger partial charge >= 0.3 is 0 Å². The van der Waals surface area contributed by atoms with Gasteiger partial charge in [0.25, 0.3) is 0 Å². The molecule has 11 aromatic rings. The molecular weight excluding hydrogens is 757 g/mol. The summed E-state index contributed by atoms with van der Waals surface area (Å²) in [5.74, 6) is 0. The third-order valence-corrected chi connectivity index (χ3v) is 12.9. The SMILES string of the molecule is c1ccc(N(c2ccccc2)c2cnc3c(c2)C2(c4cc(N(c5ccccc5)c5ccccc5)cnc4-3)c3ccc4c(oc5ccccc54)c3-c3cccc4cccc2c34)cc1. The molecule has 5 heteroatoms. The number of furan rings is 1. The van der Waals surface area contributed by atoms with Gasteiger partial charge in [-0.1, -0.05) is 140 Å². The lowest BCUT2D eigenvalue weighted by Crippen LogP contribution is -2.32. The second kappa shape index (κ2) is 13.4. The van der Waals surface area contributed by atoms with E-state index < -0.39 is 5.41 Å². The number of fused-ring (bicyclic) bond motifs is 13. The van der Waals surface area contributed by atoms with Gasteiger partial charge in [0.1, 0.15) is 11.2 Å². The number of para-hydroxylation sites is 5. The lowest BCUT2D eigenvalue weighted by Gasteiger charge is -2.40. The number of pyridine rings is 2. The maximum absolute atomic E-state index is 6.98. The van der Waals surface area contributed by atoms with Crippen LogP contribution in [0.15, 0.2) is 223 Å². The van der Waals surface area contributed by atoms with Crippen LogP contribution in [-0.2, 0) is 5.41 Å². The van der Waals surface area contributed by atoms with Crippen molar-refractivity contribution < 1.29 is 4.42 Å². The summed E-state index contributed by atoms with van der Waals surface area (Å²) in [4.78, 5) is 15.5. The fourth-order valence-corrected chi connectivity index (χ4v) is 10.4. The van der Waals surface area contributed by atoms with Crippen molar-refractivity contribution in [3.05, 3.63) is 241 Å². The van der Waals surface area contributed by atoms with E-state index >= 15 is 0 Å². The summed E-state index contributed by atoms with van der Waals surface area (Å²) in [6.07, 6.45) is 4.02. The molecule has 0 fully saturated rings. The Kier molecular flexibility index (Phi) is 7.45. The van der Waals surface area contributed by atoms with Crippen molar-refractivity contribution in [2.24, 2.45) is 0 Å². The van der Waals surface area contributed by atoms with Crippen LogP contribution in [0.25, 0.3) is 55.2 Å². The molecule has 3 heterocycles. The summed E-state index contributed by atoms with van der Waals surface area (Å²) in [7, 11) is 0. The Morgan fingerprint density at radius 1 is 0.387 bits per heavy atom. The molecule has 13 rings (SSSR count). The number of hydrogen-bond acceptors (Lipinski definition) is 5. The first-order valence-corrected chi connectivity index (χ1v) is 21.1. The predicted octanol–water partition coefficient (Wildman–Crippen LogP) is 14.8. The van der Waals surface area contributed by atoms with Crippen LogP contribution >= 0.6 is 0 Å². The normalized spacial score (nSPS) is 13.0. The van der Waals surface area contributed by atoms with Crippen molar-refractivity contribution in [1.82, 2.24) is 9.97 Å². The van der Waals surface area contributed by atoms with E-state index in [1.165, 1.54) is 16.3 Å². The maximum atomic E-state index is 6.98. The van der Waals surface area contributed by atoms with E-state index in [-0.39, 0.29) is 0 Å². The van der Waals surface area contributed by atoms with Gasteiger partial charge in [-0.3, -0.25) is 9.97 Å². The number of hydrogen-bond donors (Lipinski definition) is 0. The second-order valence-electron chi connectivity index (χ2n) is 16.1. The van der Waals surface area contributed by atoms with Crippen LogP contribution in [-0.4, -0.2) is 9.97 Å². The lowest BCUT2D eigenvalue weighted by atomic mass is 9.61. The molecule has 0 saturated carbocycles. The van der Waals surface area contributed by atoms with Gasteiger partial charge in [-0.15, -0.1) is 0 Å². The monoisotopic (exact) mass is 792 g/mol. The average Bonchev–Trinajstić information content (AvgIpc) is 3.85. The van der Waals surface area contributed by atoms with E-state index in [9.17, 15) is 0 Å². The summed E-state index contributed by atoms with van der Waals surface area (Å²) in [6, 6.07) is 73.4. The smallest absolute Gasteiger partial charge is 0.143 e. The highest BCUT2D eigenvalue weighted by atomic mass is 16.3. The molecule has 0 radical (unpaired) electrons. The number of aromatic nitrogens is 2. The van der Waals surface area contributed by atoms with Gasteiger partial charge in [0, 0.05) is 50.2 Å². The van der Waals surface area contributed by atoms with Gasteiger partial charge in [-0.2, -0.15) is 0 Å². The van der Waals surface area contributed by atoms with E-state index in [1.807, 2.05) is 12.4 Å². The number of benzene rings is 8. The van der Waals surface area contributed by atoms with Crippen LogP contribution < -0.4 is 9.80 Å². The number of rotatable bonds is 6. The molecule has 8 aromatic carbocycles. The first-order valence-electron chi connectivity index (χ1n) is 21.1. The fraction of sp³-hybridized carbons (Fsp3) is 0.0175. The van der Waals surface area contributed by atoms with E-state index in [2.05, 4.69) is 216 Å². The minimum Gasteiger partial charge on any atom is -0.455 e. The molecule has 2 aliphatic rings. The van der Waals surface area contributed by atoms with Gasteiger partial charge in [-0.05, 0) is 94.2 Å². The Balaban J connectivity index is 1.18. The molecule has 62 heavy (non-hydrogen) atoms. The summed E-state index contributed by atoms with van der Waals surface area (Å²) in [5.41, 5.74) is 15.5. The molecule has 2 aliphatic carbocycles. The molecular formula is C57H36N4O. The summed E-state index contributed by atoms with van der Waals surface area (Å²) in [5, 5.41) is 4.58. The van der Waals surface area contributed by atoms with Crippen molar-refractivity contribution in [3.63, 3.8) is 0 Å². The van der Waals surface area contributed by atoms with E-state index in [0.717, 1.165) is 95.3 Å². The first-order chi connectivity index (χ1) is 30.8. The highest BCUT2D eigenvalue weighted by Crippen LogP contribution is 2.63. The standard InChI is InChI=1S/C57H36N4O/c1-5-19-38(20-6-1)60(39-21-7-2-8-22-39)42-33-49-54(58-35-42)55-50(34-43(36-59-55)61(40-23-9-3-10-24-40)41-25-11-4-12-26-41)57(49)47-29-16-18-37-17-15-28-46(52(37)47)53-48(57)32-31-45-44-27-13-14-30-51(44)62-56(45)53/h1-36H. The summed E-state index contributed by atoms with van der Waals surface area (Å²) >= 11 is 0. The number of nitrogens with zero attached hydrogens (tertiary/aromatic N) is 4. The molecule has 1 spiro atoms. The van der Waals surface area contributed by atoms with Crippen molar-refractivity contribution in [3.8, 4) is 22.5 Å². The highest BCUT2D eigenvalue weighted by molar-refractivity contribution is 6.16. The molecule has 0 amide bonds. The van der Waals surface area contributed by atoms with Crippen LogP contribution in [0.4, 0.5) is 34.1 Å². The maximum Gasteiger partial charge on any atom is 0.143 e. The summed E-state index contributed by atoms with van der Waals surface area (Å²) < 4.78 is 6.98. The molecule has 0 bridgehead atoms. The molecule has 5 nitrogen and oxygen atoms in total. The molecule has 0 N–H and O–H groups in total. The molecule has 3 aromatic heterocycles. The van der Waals surface area contributed by atoms with Crippen LogP contribution in [0.1, 0.15) is 22.3 Å². The van der Waals surface area contributed by atoms with E-state index in [0.29, 0.717) is 0 Å². The molecule has 290 valence electrons. The highest BCUT2D eigenvalue weighted by Gasteiger charge is 2.53. The van der Waals surface area contributed by atoms with Crippen LogP contribution in [0.3, 0.4) is 0 Å². The molecule has 0 atom stereocenters. The third-order valence-electron chi connectivity index (χ3n) is 12.9. The summed E-state index contributed by atoms with van der Waals surface area (Å²) in [6.45, 7) is 0. The van der Waals surface area contributed by atoms with Gasteiger partial charge in [0.15, 0.2) is 0 Å². The zero-order valence-corrected chi connectivity index (χ0v) is 33.5. The fourth-order valence-electron chi connectivity index (χ4n) is 10.4. The lowest BCUT2D eigenvalue weighted by molar-refractivity contribution is 0.666. The largest absolute Gasteiger partial charge is 0.455 e. The van der Waals surface area contributed by atoms with Crippen molar-refractivity contribution in [2.45, 2.75) is 5.41 Å². The van der Waals surface area contributed by atoms with Crippen LogP contribution in [0.2, 0.25) is 0 Å². The van der Waals surface area contributed by atoms with Crippen LogP contribution in [0, 0.1) is 0 Å². The van der Waals surface area contributed by atoms with Gasteiger partial charge in [-0.25, -0.2) is 0 Å². The van der Waals surface area contributed by atoms with Crippen LogP contribution in [0.5, 0.6) is 0 Å². The molecule has 0 aliphatic heterocycles. The Hall–Kier alpha value is -8.28. The Morgan fingerprint density at radius 3 is 1.44 bits per heavy atom. The second-order valence-corrected chi connectivity index (χ2v) is 16.1. The van der Waals surface area contributed by atoms with Crippen molar-refractivity contribution >= 4 is 66.8 Å². The Morgan fingerprint density at radius 2 is 0.887 bits per heavy atom. The average molecular weight is 793 g/mol. The zero-order chi connectivity index (χ0) is 40.8. The third kappa shape index (κ3) is 4.84. The molecule has 0 saturated heterocycles. The zero-order valence-electron chi connectivity index (χ0n) is 33.5. The minimum atomic E-state index is -0.842. The van der Waals surface area contributed by atoms with Gasteiger partial charge in [0.05, 0.1) is 40.6 Å². The quantitative estimate of drug-likeness (QED) is 0.168. The Labute approximate surface area is 358 Å². The topological polar surface area (TPSA) is 45.4 Å². The van der Waals surface area contributed by atoms with Crippen molar-refractivity contribution in [1.29, 1.82) is 0 Å². The minimum absolute atomic E-state index is 0.842. The van der Waals surface area contributed by atoms with E-state index in [1.54, 1.807) is 0 Å². The first kappa shape index (κ1) is 34.6. The predicted molar refractivity (Wildman–Crippen MR) is 252 cm³/mol. The Bertz CT molecular complexity index is 3310. The van der Waals surface area contributed by atoms with Crippen molar-refractivity contribution in [2.75, 3.05) is 9.80 Å². The van der Waals surface area contributed by atoms with E-state index in [4.69, 9.17) is 14.4 Å². The number of anilines is 6. The van der Waals surface area contributed by atoms with Gasteiger partial charge < -0.3 is 14.2 Å².